The number of methoxy groups -OCH3 is 1. The molecule has 1 unspecified atom stereocenters. The molecule has 3 aromatic rings. The smallest absolute Gasteiger partial charge is 0.251 e. The average molecular weight is 439 g/mol. The van der Waals surface area contributed by atoms with Gasteiger partial charge in [-0.25, -0.2) is 0 Å². The third-order valence-electron chi connectivity index (χ3n) is 4.73. The quantitative estimate of drug-likeness (QED) is 0.600. The van der Waals surface area contributed by atoms with Gasteiger partial charge in [0.2, 0.25) is 11.0 Å². The Kier molecular flexibility index (Phi) is 6.70. The van der Waals surface area contributed by atoms with Gasteiger partial charge in [0.15, 0.2) is 0 Å². The van der Waals surface area contributed by atoms with E-state index in [1.54, 1.807) is 26.2 Å². The van der Waals surface area contributed by atoms with Crippen LogP contribution in [0, 0.1) is 0 Å². The average Bonchev–Trinajstić information content (AvgIpc) is 3.21. The lowest BCUT2D eigenvalue weighted by atomic mass is 9.86. The van der Waals surface area contributed by atoms with Crippen LogP contribution in [0.1, 0.15) is 43.6 Å². The van der Waals surface area contributed by atoms with Crippen LogP contribution in [0.2, 0.25) is 0 Å². The maximum atomic E-state index is 12.5. The SMILES string of the molecule is COc1cccc(-c2nnc(NC(=O)C(C)NC(=O)c3ccc(C(C)(C)C)cc3)s2)c1. The first kappa shape index (κ1) is 22.4. The Labute approximate surface area is 185 Å². The molecule has 0 aliphatic heterocycles. The largest absolute Gasteiger partial charge is 0.497 e. The van der Waals surface area contributed by atoms with Gasteiger partial charge in [0.05, 0.1) is 7.11 Å². The summed E-state index contributed by atoms with van der Waals surface area (Å²) in [4.78, 5) is 25.0. The number of nitrogens with one attached hydrogen (secondary N) is 2. The van der Waals surface area contributed by atoms with Crippen LogP contribution in [-0.4, -0.2) is 35.2 Å². The summed E-state index contributed by atoms with van der Waals surface area (Å²) in [6, 6.07) is 14.1. The van der Waals surface area contributed by atoms with Crippen molar-refractivity contribution in [3.8, 4) is 16.3 Å². The Balaban J connectivity index is 1.60. The number of rotatable bonds is 6. The van der Waals surface area contributed by atoms with E-state index in [9.17, 15) is 9.59 Å². The fourth-order valence-corrected chi connectivity index (χ4v) is 3.57. The van der Waals surface area contributed by atoms with Gasteiger partial charge in [0, 0.05) is 11.1 Å². The zero-order valence-corrected chi connectivity index (χ0v) is 19.0. The van der Waals surface area contributed by atoms with Gasteiger partial charge >= 0.3 is 0 Å². The monoisotopic (exact) mass is 438 g/mol. The first-order chi connectivity index (χ1) is 14.7. The highest BCUT2D eigenvalue weighted by Crippen LogP contribution is 2.28. The number of carbonyl (C=O) groups is 2. The van der Waals surface area contributed by atoms with E-state index in [0.717, 1.165) is 11.1 Å². The van der Waals surface area contributed by atoms with Crippen molar-refractivity contribution >= 4 is 28.3 Å². The number of ether oxygens (including phenoxy) is 1. The van der Waals surface area contributed by atoms with Crippen LogP contribution >= 0.6 is 11.3 Å². The molecule has 0 aliphatic carbocycles. The van der Waals surface area contributed by atoms with Crippen molar-refractivity contribution in [2.75, 3.05) is 12.4 Å². The molecule has 2 aromatic carbocycles. The summed E-state index contributed by atoms with van der Waals surface area (Å²) < 4.78 is 5.22. The zero-order chi connectivity index (χ0) is 22.6. The summed E-state index contributed by atoms with van der Waals surface area (Å²) in [6.45, 7) is 7.96. The van der Waals surface area contributed by atoms with E-state index in [1.807, 2.05) is 36.4 Å². The fourth-order valence-electron chi connectivity index (χ4n) is 2.83. The van der Waals surface area contributed by atoms with Crippen molar-refractivity contribution in [1.29, 1.82) is 0 Å². The molecule has 7 nitrogen and oxygen atoms in total. The third kappa shape index (κ3) is 5.67. The van der Waals surface area contributed by atoms with E-state index in [4.69, 9.17) is 4.74 Å². The molecule has 2 amide bonds. The van der Waals surface area contributed by atoms with Gasteiger partial charge in [-0.2, -0.15) is 0 Å². The van der Waals surface area contributed by atoms with E-state index in [1.165, 1.54) is 11.3 Å². The second-order valence-electron chi connectivity index (χ2n) is 8.16. The molecule has 0 saturated heterocycles. The molecule has 31 heavy (non-hydrogen) atoms. The van der Waals surface area contributed by atoms with Gasteiger partial charge in [0.1, 0.15) is 16.8 Å². The van der Waals surface area contributed by atoms with Crippen LogP contribution in [-0.2, 0) is 10.2 Å². The fraction of sp³-hybridized carbons (Fsp3) is 0.304. The first-order valence-electron chi connectivity index (χ1n) is 9.87. The second kappa shape index (κ2) is 9.26. The molecule has 0 aliphatic rings. The normalized spacial score (nSPS) is 12.2. The Hall–Kier alpha value is -3.26. The van der Waals surface area contributed by atoms with E-state index < -0.39 is 6.04 Å². The van der Waals surface area contributed by atoms with Crippen LogP contribution < -0.4 is 15.4 Å². The van der Waals surface area contributed by atoms with Crippen molar-refractivity contribution in [3.05, 3.63) is 59.7 Å². The lowest BCUT2D eigenvalue weighted by molar-refractivity contribution is -0.117. The van der Waals surface area contributed by atoms with Crippen molar-refractivity contribution in [2.24, 2.45) is 0 Å². The number of hydrogen-bond donors (Lipinski definition) is 2. The Bertz CT molecular complexity index is 1070. The summed E-state index contributed by atoms with van der Waals surface area (Å²) >= 11 is 1.25. The summed E-state index contributed by atoms with van der Waals surface area (Å²) in [5.41, 5.74) is 2.49. The molecule has 2 N–H and O–H groups in total. The number of benzene rings is 2. The minimum Gasteiger partial charge on any atom is -0.497 e. The minimum absolute atomic E-state index is 0.00760. The minimum atomic E-state index is -0.737. The summed E-state index contributed by atoms with van der Waals surface area (Å²) in [7, 11) is 1.60. The molecule has 0 saturated carbocycles. The molecule has 0 bridgehead atoms. The Morgan fingerprint density at radius 3 is 2.42 bits per heavy atom. The summed E-state index contributed by atoms with van der Waals surface area (Å²) in [6.07, 6.45) is 0. The number of hydrogen-bond acceptors (Lipinski definition) is 6. The van der Waals surface area contributed by atoms with Crippen molar-refractivity contribution in [3.63, 3.8) is 0 Å². The van der Waals surface area contributed by atoms with Gasteiger partial charge < -0.3 is 10.1 Å². The molecule has 0 fully saturated rings. The Morgan fingerprint density at radius 2 is 1.77 bits per heavy atom. The van der Waals surface area contributed by atoms with Crippen molar-refractivity contribution < 1.29 is 14.3 Å². The molecular formula is C23H26N4O3S. The molecule has 0 radical (unpaired) electrons. The molecule has 1 aromatic heterocycles. The van der Waals surface area contributed by atoms with E-state index in [2.05, 4.69) is 41.6 Å². The van der Waals surface area contributed by atoms with Crippen molar-refractivity contribution in [1.82, 2.24) is 15.5 Å². The number of aromatic nitrogens is 2. The van der Waals surface area contributed by atoms with Gasteiger partial charge in [-0.15, -0.1) is 10.2 Å². The highest BCUT2D eigenvalue weighted by atomic mass is 32.1. The van der Waals surface area contributed by atoms with Gasteiger partial charge in [0.25, 0.3) is 5.91 Å². The maximum Gasteiger partial charge on any atom is 0.251 e. The van der Waals surface area contributed by atoms with Crippen LogP contribution in [0.15, 0.2) is 48.5 Å². The van der Waals surface area contributed by atoms with E-state index in [-0.39, 0.29) is 17.2 Å². The highest BCUT2D eigenvalue weighted by molar-refractivity contribution is 7.18. The predicted molar refractivity (Wildman–Crippen MR) is 123 cm³/mol. The molecule has 0 spiro atoms. The predicted octanol–water partition coefficient (Wildman–Crippen LogP) is 4.27. The molecule has 1 heterocycles. The molecule has 3 rings (SSSR count). The van der Waals surface area contributed by atoms with Crippen LogP contribution in [0.3, 0.4) is 0 Å². The molecular weight excluding hydrogens is 412 g/mol. The van der Waals surface area contributed by atoms with Gasteiger partial charge in [-0.05, 0) is 42.2 Å². The topological polar surface area (TPSA) is 93.2 Å². The lowest BCUT2D eigenvalue weighted by Crippen LogP contribution is -2.41. The maximum absolute atomic E-state index is 12.5. The number of amides is 2. The number of anilines is 1. The first-order valence-corrected chi connectivity index (χ1v) is 10.7. The number of nitrogens with zero attached hydrogens (tertiary/aromatic N) is 2. The second-order valence-corrected chi connectivity index (χ2v) is 9.13. The molecule has 1 atom stereocenters. The zero-order valence-electron chi connectivity index (χ0n) is 18.2. The number of carbonyl (C=O) groups excluding carboxylic acids is 2. The highest BCUT2D eigenvalue weighted by Gasteiger charge is 2.20. The van der Waals surface area contributed by atoms with Crippen LogP contribution in [0.25, 0.3) is 10.6 Å². The van der Waals surface area contributed by atoms with Crippen LogP contribution in [0.4, 0.5) is 5.13 Å². The summed E-state index contributed by atoms with van der Waals surface area (Å²) in [5.74, 6) is 0.0376. The van der Waals surface area contributed by atoms with Gasteiger partial charge in [-0.1, -0.05) is 56.4 Å². The molecule has 162 valence electrons. The van der Waals surface area contributed by atoms with Crippen molar-refractivity contribution in [2.45, 2.75) is 39.2 Å². The van der Waals surface area contributed by atoms with E-state index >= 15 is 0 Å². The summed E-state index contributed by atoms with van der Waals surface area (Å²) in [5, 5.41) is 14.6. The third-order valence-corrected chi connectivity index (χ3v) is 5.61. The van der Waals surface area contributed by atoms with Gasteiger partial charge in [-0.3, -0.25) is 14.9 Å². The van der Waals surface area contributed by atoms with Crippen LogP contribution in [0.5, 0.6) is 5.75 Å². The lowest BCUT2D eigenvalue weighted by Gasteiger charge is -2.19. The Morgan fingerprint density at radius 1 is 1.06 bits per heavy atom. The molecule has 8 heteroatoms. The standard InChI is InChI=1S/C23H26N4O3S/c1-14(24-20(29)15-9-11-17(12-10-15)23(2,3)4)19(28)25-22-27-26-21(31-22)16-7-6-8-18(13-16)30-5/h6-14H,1-5H3,(H,24,29)(H,25,27,28). The van der Waals surface area contributed by atoms with E-state index in [0.29, 0.717) is 21.5 Å².